The molecule has 0 bridgehead atoms. The maximum absolute atomic E-state index is 13.1. The minimum absolute atomic E-state index is 0.0448. The maximum atomic E-state index is 13.1. The summed E-state index contributed by atoms with van der Waals surface area (Å²) in [6.07, 6.45) is 2.74. The summed E-state index contributed by atoms with van der Waals surface area (Å²) in [7, 11) is 0. The van der Waals surface area contributed by atoms with Gasteiger partial charge in [-0.3, -0.25) is 14.6 Å². The molecule has 1 aliphatic heterocycles. The van der Waals surface area contributed by atoms with Gasteiger partial charge in [-0.05, 0) is 64.9 Å². The van der Waals surface area contributed by atoms with Gasteiger partial charge >= 0.3 is 0 Å². The van der Waals surface area contributed by atoms with Crippen LogP contribution in [0.15, 0.2) is 52.4 Å². The minimum atomic E-state index is 0.0448. The van der Waals surface area contributed by atoms with Crippen molar-refractivity contribution in [3.63, 3.8) is 0 Å². The Kier molecular flexibility index (Phi) is 6.84. The molecule has 1 aromatic carbocycles. The monoisotopic (exact) mass is 401 g/mol. The number of nitrogens with zero attached hydrogens (tertiary/aromatic N) is 3. The second kappa shape index (κ2) is 9.13. The molecule has 0 radical (unpaired) electrons. The van der Waals surface area contributed by atoms with Crippen molar-refractivity contribution in [3.05, 3.63) is 42.6 Å². The molecule has 0 saturated carbocycles. The number of carbonyl (C=O) groups is 1. The Morgan fingerprint density at radius 1 is 1.11 bits per heavy atom. The van der Waals surface area contributed by atoms with Crippen LogP contribution in [0.3, 0.4) is 0 Å². The third kappa shape index (κ3) is 4.68. The Hall–Kier alpha value is -1.50. The van der Waals surface area contributed by atoms with Gasteiger partial charge in [0.2, 0.25) is 0 Å². The lowest BCUT2D eigenvalue weighted by Gasteiger charge is -2.31. The summed E-state index contributed by atoms with van der Waals surface area (Å²) in [5.74, 6) is 1.55. The maximum Gasteiger partial charge on any atom is 0.291 e. The molecular formula is C21H27N3OS2. The first-order valence-corrected chi connectivity index (χ1v) is 11.2. The van der Waals surface area contributed by atoms with Crippen LogP contribution < -0.4 is 4.90 Å². The molecule has 0 atom stereocenters. The summed E-state index contributed by atoms with van der Waals surface area (Å²) in [5, 5.41) is 0.0448. The summed E-state index contributed by atoms with van der Waals surface area (Å²) in [6, 6.07) is 13.0. The molecule has 6 heteroatoms. The molecule has 1 amide bonds. The van der Waals surface area contributed by atoms with E-state index < -0.39 is 0 Å². The van der Waals surface area contributed by atoms with Crippen LogP contribution in [0, 0.1) is 0 Å². The van der Waals surface area contributed by atoms with Crippen LogP contribution >= 0.6 is 23.5 Å². The summed E-state index contributed by atoms with van der Waals surface area (Å²) >= 11 is 3.06. The smallest absolute Gasteiger partial charge is 0.291 e. The van der Waals surface area contributed by atoms with Crippen molar-refractivity contribution in [1.82, 2.24) is 9.88 Å². The Labute approximate surface area is 170 Å². The van der Waals surface area contributed by atoms with Gasteiger partial charge in [-0.15, -0.1) is 0 Å². The SMILES string of the molecule is CC(C)N(CCCSC(=O)N1c2ccccc2Sc2cccnc21)C(C)C. The third-order valence-electron chi connectivity index (χ3n) is 4.58. The molecule has 3 rings (SSSR count). The Morgan fingerprint density at radius 3 is 2.56 bits per heavy atom. The molecule has 2 aromatic rings. The van der Waals surface area contributed by atoms with E-state index in [-0.39, 0.29) is 5.24 Å². The van der Waals surface area contributed by atoms with Crippen LogP contribution in [-0.2, 0) is 0 Å². The number of rotatable bonds is 6. The number of hydrogen-bond acceptors (Lipinski definition) is 5. The largest absolute Gasteiger partial charge is 0.299 e. The van der Waals surface area contributed by atoms with Gasteiger partial charge in [0, 0.05) is 28.9 Å². The topological polar surface area (TPSA) is 36.4 Å². The number of pyridine rings is 1. The fourth-order valence-electron chi connectivity index (χ4n) is 3.36. The highest BCUT2D eigenvalue weighted by molar-refractivity contribution is 8.13. The Balaban J connectivity index is 1.68. The molecule has 2 heterocycles. The second-order valence-corrected chi connectivity index (χ2v) is 9.25. The van der Waals surface area contributed by atoms with Crippen LogP contribution in [0.4, 0.5) is 16.3 Å². The lowest BCUT2D eigenvalue weighted by atomic mass is 10.2. The number of thioether (sulfide) groups is 1. The van der Waals surface area contributed by atoms with E-state index >= 15 is 0 Å². The van der Waals surface area contributed by atoms with Gasteiger partial charge in [0.15, 0.2) is 5.82 Å². The van der Waals surface area contributed by atoms with E-state index in [1.54, 1.807) is 22.9 Å². The molecule has 0 spiro atoms. The number of benzene rings is 1. The average Bonchev–Trinajstić information content (AvgIpc) is 2.65. The number of aromatic nitrogens is 1. The van der Waals surface area contributed by atoms with E-state index in [1.165, 1.54) is 11.8 Å². The molecule has 144 valence electrons. The zero-order chi connectivity index (χ0) is 19.4. The molecule has 0 unspecified atom stereocenters. The highest BCUT2D eigenvalue weighted by Gasteiger charge is 2.29. The summed E-state index contributed by atoms with van der Waals surface area (Å²) in [6.45, 7) is 9.91. The number of amides is 1. The van der Waals surface area contributed by atoms with Crippen molar-refractivity contribution >= 4 is 40.3 Å². The predicted octanol–water partition coefficient (Wildman–Crippen LogP) is 6.05. The number of fused-ring (bicyclic) bond motifs is 2. The fraction of sp³-hybridized carbons (Fsp3) is 0.429. The molecule has 1 aliphatic rings. The average molecular weight is 402 g/mol. The number of carbonyl (C=O) groups excluding carboxylic acids is 1. The molecule has 0 aliphatic carbocycles. The molecule has 0 saturated heterocycles. The molecule has 0 N–H and O–H groups in total. The molecule has 4 nitrogen and oxygen atoms in total. The zero-order valence-electron chi connectivity index (χ0n) is 16.4. The molecular weight excluding hydrogens is 374 g/mol. The van der Waals surface area contributed by atoms with Gasteiger partial charge in [-0.1, -0.05) is 35.7 Å². The lowest BCUT2D eigenvalue weighted by Crippen LogP contribution is -2.38. The highest BCUT2D eigenvalue weighted by Crippen LogP contribution is 2.47. The first kappa shape index (κ1) is 20.2. The van der Waals surface area contributed by atoms with Gasteiger partial charge < -0.3 is 0 Å². The first-order chi connectivity index (χ1) is 13.0. The van der Waals surface area contributed by atoms with Crippen LogP contribution in [-0.4, -0.2) is 39.5 Å². The Bertz CT molecular complexity index is 741. The third-order valence-corrected chi connectivity index (χ3v) is 6.61. The normalized spacial score (nSPS) is 13.2. The predicted molar refractivity (Wildman–Crippen MR) is 116 cm³/mol. The van der Waals surface area contributed by atoms with E-state index in [4.69, 9.17) is 0 Å². The van der Waals surface area contributed by atoms with Gasteiger partial charge in [0.25, 0.3) is 5.24 Å². The van der Waals surface area contributed by atoms with Crippen molar-refractivity contribution in [2.45, 2.75) is 56.0 Å². The van der Waals surface area contributed by atoms with Crippen LogP contribution in [0.1, 0.15) is 34.1 Å². The van der Waals surface area contributed by atoms with Crippen molar-refractivity contribution in [3.8, 4) is 0 Å². The van der Waals surface area contributed by atoms with E-state index in [0.29, 0.717) is 12.1 Å². The molecule has 27 heavy (non-hydrogen) atoms. The van der Waals surface area contributed by atoms with Crippen molar-refractivity contribution in [2.75, 3.05) is 17.2 Å². The van der Waals surface area contributed by atoms with Crippen LogP contribution in [0.5, 0.6) is 0 Å². The van der Waals surface area contributed by atoms with Crippen molar-refractivity contribution in [2.24, 2.45) is 0 Å². The van der Waals surface area contributed by atoms with E-state index in [2.05, 4.69) is 43.6 Å². The van der Waals surface area contributed by atoms with Gasteiger partial charge in [-0.25, -0.2) is 4.98 Å². The highest BCUT2D eigenvalue weighted by atomic mass is 32.2. The number of anilines is 2. The lowest BCUT2D eigenvalue weighted by molar-refractivity contribution is 0.176. The van der Waals surface area contributed by atoms with Gasteiger partial charge in [0.05, 0.1) is 10.6 Å². The summed E-state index contributed by atoms with van der Waals surface area (Å²) in [5.41, 5.74) is 0.928. The van der Waals surface area contributed by atoms with Gasteiger partial charge in [0.1, 0.15) is 0 Å². The number of para-hydroxylation sites is 1. The standard InChI is InChI=1S/C21H27N3OS2/c1-15(2)23(16(3)4)13-8-14-26-21(25)24-17-9-5-6-10-18(17)27-19-11-7-12-22-20(19)24/h5-7,9-12,15-16H,8,13-14H2,1-4H3. The number of hydrogen-bond donors (Lipinski definition) is 0. The Morgan fingerprint density at radius 2 is 1.81 bits per heavy atom. The van der Waals surface area contributed by atoms with E-state index in [0.717, 1.165) is 40.0 Å². The minimum Gasteiger partial charge on any atom is -0.299 e. The van der Waals surface area contributed by atoms with Crippen LogP contribution in [0.2, 0.25) is 0 Å². The first-order valence-electron chi connectivity index (χ1n) is 9.43. The summed E-state index contributed by atoms with van der Waals surface area (Å²) in [4.78, 5) is 23.9. The quantitative estimate of drug-likeness (QED) is 0.551. The summed E-state index contributed by atoms with van der Waals surface area (Å²) < 4.78 is 0. The second-order valence-electron chi connectivity index (χ2n) is 7.12. The van der Waals surface area contributed by atoms with E-state index in [9.17, 15) is 4.79 Å². The zero-order valence-corrected chi connectivity index (χ0v) is 18.0. The van der Waals surface area contributed by atoms with Crippen LogP contribution in [0.25, 0.3) is 0 Å². The molecule has 0 fully saturated rings. The van der Waals surface area contributed by atoms with Gasteiger partial charge in [-0.2, -0.15) is 0 Å². The molecule has 1 aromatic heterocycles. The van der Waals surface area contributed by atoms with Crippen molar-refractivity contribution < 1.29 is 4.79 Å². The van der Waals surface area contributed by atoms with E-state index in [1.807, 2.05) is 30.3 Å². The fourth-order valence-corrected chi connectivity index (χ4v) is 5.15. The van der Waals surface area contributed by atoms with Crippen molar-refractivity contribution in [1.29, 1.82) is 0 Å².